The number of carbonyl (C=O) groups excluding carboxylic acids is 1. The molecule has 5 nitrogen and oxygen atoms in total. The van der Waals surface area contributed by atoms with Crippen molar-refractivity contribution in [3.8, 4) is 0 Å². The third-order valence-electron chi connectivity index (χ3n) is 3.58. The minimum atomic E-state index is -1.15. The highest BCUT2D eigenvalue weighted by Gasteiger charge is 2.28. The highest BCUT2D eigenvalue weighted by atomic mass is 35.5. The second-order valence-electron chi connectivity index (χ2n) is 4.80. The molecule has 0 bridgehead atoms. The summed E-state index contributed by atoms with van der Waals surface area (Å²) in [6, 6.07) is 4.61. The number of benzene rings is 1. The number of anilines is 1. The summed E-state index contributed by atoms with van der Waals surface area (Å²) >= 11 is 5.88. The largest absolute Gasteiger partial charge is 0.478 e. The van der Waals surface area contributed by atoms with Crippen LogP contribution in [0.15, 0.2) is 18.2 Å². The van der Waals surface area contributed by atoms with Crippen molar-refractivity contribution >= 4 is 29.3 Å². The summed E-state index contributed by atoms with van der Waals surface area (Å²) in [5, 5.41) is 11.9. The Morgan fingerprint density at radius 1 is 1.50 bits per heavy atom. The minimum absolute atomic E-state index is 0.0743. The van der Waals surface area contributed by atoms with Gasteiger partial charge in [-0.1, -0.05) is 24.6 Å². The number of amides is 2. The van der Waals surface area contributed by atoms with Gasteiger partial charge in [-0.2, -0.15) is 0 Å². The molecule has 0 saturated carbocycles. The third-order valence-corrected chi connectivity index (χ3v) is 3.89. The van der Waals surface area contributed by atoms with Gasteiger partial charge in [-0.3, -0.25) is 0 Å². The summed E-state index contributed by atoms with van der Waals surface area (Å²) < 4.78 is 0. The summed E-state index contributed by atoms with van der Waals surface area (Å²) in [7, 11) is 0. The standard InChI is InChI=1S/C14H17ClN2O3/c1-2-9-5-4-8-17(9)14(20)16-11-7-3-6-10(15)12(11)13(18)19/h3,6-7,9H,2,4-5,8H2,1H3,(H,16,20)(H,18,19). The molecule has 2 N–H and O–H groups in total. The molecule has 0 aliphatic carbocycles. The zero-order valence-corrected chi connectivity index (χ0v) is 12.0. The van der Waals surface area contributed by atoms with Gasteiger partial charge >= 0.3 is 12.0 Å². The maximum atomic E-state index is 12.2. The molecule has 1 saturated heterocycles. The van der Waals surface area contributed by atoms with Crippen LogP contribution in [-0.4, -0.2) is 34.6 Å². The Labute approximate surface area is 122 Å². The zero-order chi connectivity index (χ0) is 14.7. The Kier molecular flexibility index (Phi) is 4.49. The molecule has 1 aliphatic rings. The van der Waals surface area contributed by atoms with Crippen LogP contribution in [0.3, 0.4) is 0 Å². The maximum absolute atomic E-state index is 12.2. The number of hydrogen-bond donors (Lipinski definition) is 2. The fourth-order valence-electron chi connectivity index (χ4n) is 2.56. The Hall–Kier alpha value is -1.75. The molecule has 1 atom stereocenters. The van der Waals surface area contributed by atoms with Gasteiger partial charge in [0.25, 0.3) is 0 Å². The van der Waals surface area contributed by atoms with Gasteiger partial charge in [-0.05, 0) is 31.4 Å². The number of carbonyl (C=O) groups is 2. The minimum Gasteiger partial charge on any atom is -0.478 e. The number of nitrogens with zero attached hydrogens (tertiary/aromatic N) is 1. The number of aromatic carboxylic acids is 1. The van der Waals surface area contributed by atoms with Gasteiger partial charge < -0.3 is 15.3 Å². The number of hydrogen-bond acceptors (Lipinski definition) is 2. The first-order valence-corrected chi connectivity index (χ1v) is 7.01. The van der Waals surface area contributed by atoms with Crippen molar-refractivity contribution in [1.29, 1.82) is 0 Å². The molecule has 1 heterocycles. The van der Waals surface area contributed by atoms with Gasteiger partial charge in [0.05, 0.1) is 10.7 Å². The lowest BCUT2D eigenvalue weighted by molar-refractivity contribution is 0.0698. The van der Waals surface area contributed by atoms with Crippen LogP contribution in [0.2, 0.25) is 5.02 Å². The number of likely N-dealkylation sites (tertiary alicyclic amines) is 1. The Morgan fingerprint density at radius 3 is 2.90 bits per heavy atom. The van der Waals surface area contributed by atoms with Crippen molar-refractivity contribution in [2.75, 3.05) is 11.9 Å². The van der Waals surface area contributed by atoms with E-state index >= 15 is 0 Å². The molecule has 6 heteroatoms. The molecule has 0 aromatic heterocycles. The van der Waals surface area contributed by atoms with E-state index in [2.05, 4.69) is 5.32 Å². The van der Waals surface area contributed by atoms with E-state index in [9.17, 15) is 14.7 Å². The van der Waals surface area contributed by atoms with E-state index in [-0.39, 0.29) is 28.3 Å². The molecule has 1 aliphatic heterocycles. The third kappa shape index (κ3) is 2.88. The average Bonchev–Trinajstić information content (AvgIpc) is 2.86. The van der Waals surface area contributed by atoms with Gasteiger partial charge in [0, 0.05) is 12.6 Å². The molecule has 0 radical (unpaired) electrons. The fraction of sp³-hybridized carbons (Fsp3) is 0.429. The van der Waals surface area contributed by atoms with Crippen LogP contribution in [0.25, 0.3) is 0 Å². The van der Waals surface area contributed by atoms with E-state index in [0.717, 1.165) is 19.3 Å². The van der Waals surface area contributed by atoms with Crippen LogP contribution in [0.4, 0.5) is 10.5 Å². The second-order valence-corrected chi connectivity index (χ2v) is 5.20. The Balaban J connectivity index is 2.20. The van der Waals surface area contributed by atoms with E-state index in [1.54, 1.807) is 17.0 Å². The fourth-order valence-corrected chi connectivity index (χ4v) is 2.82. The molecule has 1 aromatic carbocycles. The molecule has 1 unspecified atom stereocenters. The summed E-state index contributed by atoms with van der Waals surface area (Å²) in [5.74, 6) is -1.15. The van der Waals surface area contributed by atoms with Gasteiger partial charge in [-0.25, -0.2) is 9.59 Å². The number of carboxylic acid groups (broad SMARTS) is 1. The topological polar surface area (TPSA) is 69.6 Å². The van der Waals surface area contributed by atoms with Crippen molar-refractivity contribution in [3.05, 3.63) is 28.8 Å². The van der Waals surface area contributed by atoms with E-state index < -0.39 is 5.97 Å². The Morgan fingerprint density at radius 2 is 2.25 bits per heavy atom. The molecule has 2 rings (SSSR count). The van der Waals surface area contributed by atoms with Crippen LogP contribution in [0, 0.1) is 0 Å². The zero-order valence-electron chi connectivity index (χ0n) is 11.2. The number of carboxylic acids is 1. The lowest BCUT2D eigenvalue weighted by Gasteiger charge is -2.24. The Bertz CT molecular complexity index is 533. The van der Waals surface area contributed by atoms with Gasteiger partial charge in [0.2, 0.25) is 0 Å². The van der Waals surface area contributed by atoms with Crippen molar-refractivity contribution in [3.63, 3.8) is 0 Å². The number of rotatable bonds is 3. The van der Waals surface area contributed by atoms with E-state index in [0.29, 0.717) is 6.54 Å². The molecule has 2 amide bonds. The van der Waals surface area contributed by atoms with Crippen LogP contribution in [0.5, 0.6) is 0 Å². The number of urea groups is 1. The van der Waals surface area contributed by atoms with Gasteiger partial charge in [-0.15, -0.1) is 0 Å². The quantitative estimate of drug-likeness (QED) is 0.897. The summed E-state index contributed by atoms with van der Waals surface area (Å²) in [5.41, 5.74) is 0.159. The lowest BCUT2D eigenvalue weighted by Crippen LogP contribution is -2.38. The number of nitrogens with one attached hydrogen (secondary N) is 1. The van der Waals surface area contributed by atoms with Crippen molar-refractivity contribution in [2.24, 2.45) is 0 Å². The first-order chi connectivity index (χ1) is 9.54. The second kappa shape index (κ2) is 6.13. The SMILES string of the molecule is CCC1CCCN1C(=O)Nc1cccc(Cl)c1C(=O)O. The molecular weight excluding hydrogens is 280 g/mol. The monoisotopic (exact) mass is 296 g/mol. The lowest BCUT2D eigenvalue weighted by atomic mass is 10.1. The molecular formula is C14H17ClN2O3. The van der Waals surface area contributed by atoms with Crippen LogP contribution >= 0.6 is 11.6 Å². The molecule has 1 aromatic rings. The predicted molar refractivity (Wildman–Crippen MR) is 77.4 cm³/mol. The van der Waals surface area contributed by atoms with Crippen LogP contribution in [0.1, 0.15) is 36.5 Å². The van der Waals surface area contributed by atoms with Crippen LogP contribution < -0.4 is 5.32 Å². The van der Waals surface area contributed by atoms with Gasteiger partial charge in [0.1, 0.15) is 5.56 Å². The van der Waals surface area contributed by atoms with E-state index in [1.165, 1.54) is 6.07 Å². The van der Waals surface area contributed by atoms with Gasteiger partial charge in [0.15, 0.2) is 0 Å². The highest BCUT2D eigenvalue weighted by molar-refractivity contribution is 6.34. The van der Waals surface area contributed by atoms with E-state index in [1.807, 2.05) is 6.92 Å². The summed E-state index contributed by atoms with van der Waals surface area (Å²) in [4.78, 5) is 25.2. The van der Waals surface area contributed by atoms with Crippen molar-refractivity contribution < 1.29 is 14.7 Å². The first-order valence-electron chi connectivity index (χ1n) is 6.64. The van der Waals surface area contributed by atoms with E-state index in [4.69, 9.17) is 11.6 Å². The van der Waals surface area contributed by atoms with Crippen LogP contribution in [-0.2, 0) is 0 Å². The number of halogens is 1. The van der Waals surface area contributed by atoms with Crippen molar-refractivity contribution in [2.45, 2.75) is 32.2 Å². The highest BCUT2D eigenvalue weighted by Crippen LogP contribution is 2.26. The molecule has 20 heavy (non-hydrogen) atoms. The predicted octanol–water partition coefficient (Wildman–Crippen LogP) is 3.44. The molecule has 1 fully saturated rings. The average molecular weight is 297 g/mol. The first kappa shape index (κ1) is 14.7. The molecule has 0 spiro atoms. The van der Waals surface area contributed by atoms with Crippen molar-refractivity contribution in [1.82, 2.24) is 4.90 Å². The molecule has 108 valence electrons. The smallest absolute Gasteiger partial charge is 0.339 e. The normalized spacial score (nSPS) is 18.1. The summed E-state index contributed by atoms with van der Waals surface area (Å²) in [6.07, 6.45) is 2.87. The maximum Gasteiger partial charge on any atom is 0.339 e. The summed E-state index contributed by atoms with van der Waals surface area (Å²) in [6.45, 7) is 2.74.